The van der Waals surface area contributed by atoms with Crippen molar-refractivity contribution in [1.82, 2.24) is 9.80 Å². The number of nitrogens with zero attached hydrogens (tertiary/aromatic N) is 3. The minimum absolute atomic E-state index is 0.302. The lowest BCUT2D eigenvalue weighted by Crippen LogP contribution is -2.52. The second kappa shape index (κ2) is 5.59. The van der Waals surface area contributed by atoms with Gasteiger partial charge in [0.05, 0.1) is 0 Å². The number of hydrogen-bond donors (Lipinski definition) is 0. The molecule has 0 atom stereocenters. The molecule has 0 radical (unpaired) electrons. The molecule has 0 aromatic heterocycles. The molecular formula is C15H27N3. The van der Waals surface area contributed by atoms with Gasteiger partial charge in [-0.05, 0) is 33.6 Å². The van der Waals surface area contributed by atoms with Crippen molar-refractivity contribution in [2.24, 2.45) is 0 Å². The molecule has 18 heavy (non-hydrogen) atoms. The van der Waals surface area contributed by atoms with Gasteiger partial charge in [0, 0.05) is 50.6 Å². The lowest BCUT2D eigenvalue weighted by atomic mass is 9.95. The molecule has 2 rings (SSSR count). The molecule has 3 heteroatoms. The van der Waals surface area contributed by atoms with Gasteiger partial charge in [-0.2, -0.15) is 0 Å². The van der Waals surface area contributed by atoms with Gasteiger partial charge in [0.15, 0.2) is 0 Å². The molecule has 0 N–H and O–H groups in total. The molecule has 2 heterocycles. The Morgan fingerprint density at radius 2 is 1.50 bits per heavy atom. The molecular weight excluding hydrogens is 222 g/mol. The van der Waals surface area contributed by atoms with Gasteiger partial charge in [0.25, 0.3) is 0 Å². The van der Waals surface area contributed by atoms with Crippen molar-refractivity contribution in [1.29, 1.82) is 0 Å². The predicted octanol–water partition coefficient (Wildman–Crippen LogP) is 2.63. The topological polar surface area (TPSA) is 10.8 Å². The smallest absolute Gasteiger partial charge is 0.226 e. The van der Waals surface area contributed by atoms with Gasteiger partial charge >= 0.3 is 0 Å². The van der Waals surface area contributed by atoms with Crippen LogP contribution in [0.5, 0.6) is 0 Å². The summed E-state index contributed by atoms with van der Waals surface area (Å²) < 4.78 is 0. The van der Waals surface area contributed by atoms with Crippen LogP contribution in [0.25, 0.3) is 4.85 Å². The van der Waals surface area contributed by atoms with Crippen LogP contribution in [0.1, 0.15) is 46.5 Å². The van der Waals surface area contributed by atoms with Crippen LogP contribution in [0.2, 0.25) is 0 Å². The standard InChI is InChI=1S/C15H27N3/c1-15(2,3)18-11-7-14(8-12-18)17-9-5-13(16-4)6-10-17/h13-14H,5-12H2,1-3H3. The molecule has 2 fully saturated rings. The van der Waals surface area contributed by atoms with Crippen LogP contribution in [0.3, 0.4) is 0 Å². The average Bonchev–Trinajstić information content (AvgIpc) is 2.38. The lowest BCUT2D eigenvalue weighted by Gasteiger charge is -2.44. The van der Waals surface area contributed by atoms with Crippen LogP contribution in [0.4, 0.5) is 0 Å². The Kier molecular flexibility index (Phi) is 4.29. The summed E-state index contributed by atoms with van der Waals surface area (Å²) in [7, 11) is 0. The number of hydrogen-bond acceptors (Lipinski definition) is 2. The molecule has 0 spiro atoms. The van der Waals surface area contributed by atoms with Gasteiger partial charge in [-0.1, -0.05) is 0 Å². The van der Waals surface area contributed by atoms with Crippen molar-refractivity contribution in [3.05, 3.63) is 11.4 Å². The summed E-state index contributed by atoms with van der Waals surface area (Å²) >= 11 is 0. The molecule has 0 aliphatic carbocycles. The normalized spacial score (nSPS) is 26.1. The van der Waals surface area contributed by atoms with Crippen molar-refractivity contribution < 1.29 is 0 Å². The lowest BCUT2D eigenvalue weighted by molar-refractivity contribution is 0.0483. The first-order valence-electron chi connectivity index (χ1n) is 7.36. The van der Waals surface area contributed by atoms with E-state index in [1.165, 1.54) is 25.9 Å². The molecule has 2 saturated heterocycles. The van der Waals surface area contributed by atoms with Gasteiger partial charge < -0.3 is 4.85 Å². The van der Waals surface area contributed by atoms with Crippen LogP contribution >= 0.6 is 0 Å². The zero-order valence-electron chi connectivity index (χ0n) is 12.2. The van der Waals surface area contributed by atoms with Crippen molar-refractivity contribution >= 4 is 0 Å². The SMILES string of the molecule is [C-]#[N+]C1CCN(C2CCN(C(C)(C)C)CC2)CC1. The second-order valence-electron chi connectivity index (χ2n) is 6.79. The fourth-order valence-electron chi connectivity index (χ4n) is 3.28. The maximum Gasteiger partial charge on any atom is 0.226 e. The molecule has 3 nitrogen and oxygen atoms in total. The third-order valence-corrected chi connectivity index (χ3v) is 4.61. The Bertz CT molecular complexity index is 297. The highest BCUT2D eigenvalue weighted by Gasteiger charge is 2.32. The maximum absolute atomic E-state index is 7.10. The summed E-state index contributed by atoms with van der Waals surface area (Å²) in [4.78, 5) is 8.93. The summed E-state index contributed by atoms with van der Waals surface area (Å²) in [6.45, 7) is 18.8. The molecule has 2 aliphatic heterocycles. The molecule has 0 aromatic rings. The molecule has 0 amide bonds. The van der Waals surface area contributed by atoms with E-state index in [2.05, 4.69) is 35.4 Å². The monoisotopic (exact) mass is 249 g/mol. The van der Waals surface area contributed by atoms with Crippen LogP contribution in [0, 0.1) is 6.57 Å². The van der Waals surface area contributed by atoms with E-state index in [-0.39, 0.29) is 0 Å². The van der Waals surface area contributed by atoms with Crippen molar-refractivity contribution in [2.75, 3.05) is 26.2 Å². The van der Waals surface area contributed by atoms with Gasteiger partial charge in [-0.25, -0.2) is 6.57 Å². The molecule has 102 valence electrons. The highest BCUT2D eigenvalue weighted by molar-refractivity contribution is 4.90. The summed E-state index contributed by atoms with van der Waals surface area (Å²) in [5, 5.41) is 0. The number of rotatable bonds is 1. The van der Waals surface area contributed by atoms with E-state index < -0.39 is 0 Å². The van der Waals surface area contributed by atoms with E-state index in [1.807, 2.05) is 0 Å². The Labute approximate surface area is 112 Å². The van der Waals surface area contributed by atoms with E-state index in [0.717, 1.165) is 32.0 Å². The number of piperidine rings is 2. The first-order chi connectivity index (χ1) is 8.50. The summed E-state index contributed by atoms with van der Waals surface area (Å²) in [5.74, 6) is 0. The van der Waals surface area contributed by atoms with Crippen LogP contribution < -0.4 is 0 Å². The average molecular weight is 249 g/mol. The highest BCUT2D eigenvalue weighted by atomic mass is 15.2. The van der Waals surface area contributed by atoms with Crippen molar-refractivity contribution in [3.63, 3.8) is 0 Å². The van der Waals surface area contributed by atoms with Gasteiger partial charge in [-0.15, -0.1) is 0 Å². The highest BCUT2D eigenvalue weighted by Crippen LogP contribution is 2.25. The summed E-state index contributed by atoms with van der Waals surface area (Å²) in [5.41, 5.74) is 0.321. The molecule has 0 bridgehead atoms. The molecule has 0 saturated carbocycles. The maximum atomic E-state index is 7.10. The number of likely N-dealkylation sites (tertiary alicyclic amines) is 2. The van der Waals surface area contributed by atoms with E-state index in [9.17, 15) is 0 Å². The first-order valence-corrected chi connectivity index (χ1v) is 7.36. The van der Waals surface area contributed by atoms with E-state index in [4.69, 9.17) is 6.57 Å². The third-order valence-electron chi connectivity index (χ3n) is 4.61. The van der Waals surface area contributed by atoms with Crippen LogP contribution in [0.15, 0.2) is 0 Å². The zero-order chi connectivity index (χ0) is 13.2. The van der Waals surface area contributed by atoms with Crippen molar-refractivity contribution in [3.8, 4) is 0 Å². The Hall–Kier alpha value is -0.590. The Balaban J connectivity index is 1.79. The largest absolute Gasteiger partial charge is 0.314 e. The van der Waals surface area contributed by atoms with E-state index in [1.54, 1.807) is 0 Å². The van der Waals surface area contributed by atoms with Gasteiger partial charge in [0.1, 0.15) is 0 Å². The second-order valence-corrected chi connectivity index (χ2v) is 6.79. The van der Waals surface area contributed by atoms with E-state index >= 15 is 0 Å². The fourth-order valence-corrected chi connectivity index (χ4v) is 3.28. The van der Waals surface area contributed by atoms with Crippen LogP contribution in [-0.2, 0) is 0 Å². The minimum atomic E-state index is 0.302. The molecule has 0 unspecified atom stereocenters. The third kappa shape index (κ3) is 3.24. The van der Waals surface area contributed by atoms with Crippen molar-refractivity contribution in [2.45, 2.75) is 64.1 Å². The Morgan fingerprint density at radius 3 is 1.94 bits per heavy atom. The summed E-state index contributed by atoms with van der Waals surface area (Å²) in [6.07, 6.45) is 4.78. The quantitative estimate of drug-likeness (QED) is 0.662. The van der Waals surface area contributed by atoms with E-state index in [0.29, 0.717) is 11.6 Å². The van der Waals surface area contributed by atoms with Gasteiger partial charge in [-0.3, -0.25) is 9.80 Å². The zero-order valence-corrected chi connectivity index (χ0v) is 12.2. The summed E-state index contributed by atoms with van der Waals surface area (Å²) in [6, 6.07) is 1.08. The Morgan fingerprint density at radius 1 is 0.944 bits per heavy atom. The molecule has 0 aromatic carbocycles. The first kappa shape index (κ1) is 13.8. The predicted molar refractivity (Wildman–Crippen MR) is 75.5 cm³/mol. The van der Waals surface area contributed by atoms with Gasteiger partial charge in [0.2, 0.25) is 6.04 Å². The fraction of sp³-hybridized carbons (Fsp3) is 0.933. The van der Waals surface area contributed by atoms with Crippen LogP contribution in [-0.4, -0.2) is 53.6 Å². The molecule has 2 aliphatic rings. The minimum Gasteiger partial charge on any atom is -0.314 e.